The highest BCUT2D eigenvalue weighted by molar-refractivity contribution is 7.89. The number of pyridine rings is 1. The van der Waals surface area contributed by atoms with E-state index >= 15 is 0 Å². The van der Waals surface area contributed by atoms with Gasteiger partial charge in [-0.15, -0.1) is 10.2 Å². The van der Waals surface area contributed by atoms with Crippen molar-refractivity contribution in [2.75, 3.05) is 30.8 Å². The molecule has 0 aliphatic carbocycles. The number of ether oxygens (including phenoxy) is 1. The molecule has 0 amide bonds. The Balaban J connectivity index is 1.52. The van der Waals surface area contributed by atoms with Gasteiger partial charge in [-0.25, -0.2) is 13.1 Å². The van der Waals surface area contributed by atoms with Crippen molar-refractivity contribution >= 4 is 27.3 Å². The van der Waals surface area contributed by atoms with Crippen molar-refractivity contribution in [2.24, 2.45) is 0 Å². The summed E-state index contributed by atoms with van der Waals surface area (Å²) < 4.78 is 32.8. The number of anilines is 3. The second-order valence-corrected chi connectivity index (χ2v) is 7.88. The first-order valence-corrected chi connectivity index (χ1v) is 10.4. The molecule has 9 nitrogen and oxygen atoms in total. The van der Waals surface area contributed by atoms with Gasteiger partial charge in [0, 0.05) is 31.2 Å². The molecule has 29 heavy (non-hydrogen) atoms. The maximum absolute atomic E-state index is 12.5. The third-order valence-electron chi connectivity index (χ3n) is 3.95. The van der Waals surface area contributed by atoms with Gasteiger partial charge < -0.3 is 15.4 Å². The first kappa shape index (κ1) is 20.5. The van der Waals surface area contributed by atoms with Crippen LogP contribution in [0.4, 0.5) is 17.3 Å². The maximum Gasteiger partial charge on any atom is 0.244 e. The van der Waals surface area contributed by atoms with Crippen LogP contribution >= 0.6 is 0 Å². The van der Waals surface area contributed by atoms with Crippen LogP contribution in [-0.4, -0.2) is 43.8 Å². The summed E-state index contributed by atoms with van der Waals surface area (Å²) in [5, 5.41) is 14.3. The summed E-state index contributed by atoms with van der Waals surface area (Å²) >= 11 is 0. The fourth-order valence-corrected chi connectivity index (χ4v) is 3.81. The Morgan fingerprint density at radius 1 is 0.966 bits per heavy atom. The molecule has 2 heterocycles. The highest BCUT2D eigenvalue weighted by Gasteiger charge is 2.19. The van der Waals surface area contributed by atoms with Gasteiger partial charge in [-0.1, -0.05) is 6.07 Å². The van der Waals surface area contributed by atoms with Crippen molar-refractivity contribution in [1.82, 2.24) is 19.9 Å². The van der Waals surface area contributed by atoms with Gasteiger partial charge in [0.25, 0.3) is 0 Å². The SMILES string of the molecule is COc1ccc(C)cc1S(=O)(=O)NCCNc1ccc(Nc2ccncc2)nn1. The van der Waals surface area contributed by atoms with Crippen LogP contribution in [0.2, 0.25) is 0 Å². The fourth-order valence-electron chi connectivity index (χ4n) is 2.52. The lowest BCUT2D eigenvalue weighted by Crippen LogP contribution is -2.29. The molecule has 0 radical (unpaired) electrons. The highest BCUT2D eigenvalue weighted by atomic mass is 32.2. The number of methoxy groups -OCH3 is 1. The number of benzene rings is 1. The molecule has 0 aliphatic heterocycles. The van der Waals surface area contributed by atoms with Crippen molar-refractivity contribution in [2.45, 2.75) is 11.8 Å². The van der Waals surface area contributed by atoms with E-state index in [9.17, 15) is 8.42 Å². The van der Waals surface area contributed by atoms with E-state index in [1.165, 1.54) is 7.11 Å². The van der Waals surface area contributed by atoms with Crippen LogP contribution in [0.25, 0.3) is 0 Å². The van der Waals surface area contributed by atoms with E-state index in [0.717, 1.165) is 11.3 Å². The Kier molecular flexibility index (Phi) is 6.57. The molecule has 2 aromatic heterocycles. The predicted molar refractivity (Wildman–Crippen MR) is 111 cm³/mol. The van der Waals surface area contributed by atoms with E-state index in [-0.39, 0.29) is 11.4 Å². The second kappa shape index (κ2) is 9.30. The van der Waals surface area contributed by atoms with Crippen molar-refractivity contribution in [1.29, 1.82) is 0 Å². The number of nitrogens with zero attached hydrogens (tertiary/aromatic N) is 3. The second-order valence-electron chi connectivity index (χ2n) is 6.14. The summed E-state index contributed by atoms with van der Waals surface area (Å²) in [6.07, 6.45) is 3.36. The lowest BCUT2D eigenvalue weighted by Gasteiger charge is -2.12. The molecule has 10 heteroatoms. The molecule has 0 bridgehead atoms. The van der Waals surface area contributed by atoms with Crippen LogP contribution < -0.4 is 20.1 Å². The van der Waals surface area contributed by atoms with E-state index < -0.39 is 10.0 Å². The number of sulfonamides is 1. The minimum atomic E-state index is -3.69. The van der Waals surface area contributed by atoms with E-state index in [2.05, 4.69) is 30.5 Å². The van der Waals surface area contributed by atoms with Crippen LogP contribution in [0, 0.1) is 6.92 Å². The zero-order valence-electron chi connectivity index (χ0n) is 16.1. The third kappa shape index (κ3) is 5.62. The summed E-state index contributed by atoms with van der Waals surface area (Å²) in [5.41, 5.74) is 1.69. The molecule has 0 aliphatic rings. The molecule has 3 N–H and O–H groups in total. The van der Waals surface area contributed by atoms with E-state index in [1.807, 2.05) is 19.1 Å². The van der Waals surface area contributed by atoms with Gasteiger partial charge in [0.1, 0.15) is 16.5 Å². The first-order chi connectivity index (χ1) is 14.0. The zero-order chi connectivity index (χ0) is 20.7. The molecule has 3 rings (SSSR count). The molecule has 0 fully saturated rings. The van der Waals surface area contributed by atoms with Gasteiger partial charge in [0.2, 0.25) is 10.0 Å². The van der Waals surface area contributed by atoms with Gasteiger partial charge in [0.05, 0.1) is 7.11 Å². The van der Waals surface area contributed by atoms with E-state index in [1.54, 1.807) is 42.7 Å². The summed E-state index contributed by atoms with van der Waals surface area (Å²) in [7, 11) is -2.25. The fraction of sp³-hybridized carbons (Fsp3) is 0.211. The van der Waals surface area contributed by atoms with Crippen molar-refractivity contribution in [3.63, 3.8) is 0 Å². The molecule has 3 aromatic rings. The Hall–Kier alpha value is -3.24. The topological polar surface area (TPSA) is 118 Å². The summed E-state index contributed by atoms with van der Waals surface area (Å²) in [6.45, 7) is 2.35. The monoisotopic (exact) mass is 414 g/mol. The summed E-state index contributed by atoms with van der Waals surface area (Å²) in [6, 6.07) is 12.2. The minimum Gasteiger partial charge on any atom is -0.495 e. The van der Waals surface area contributed by atoms with Gasteiger partial charge >= 0.3 is 0 Å². The van der Waals surface area contributed by atoms with Crippen LogP contribution in [0.5, 0.6) is 5.75 Å². The van der Waals surface area contributed by atoms with Crippen LogP contribution in [0.15, 0.2) is 59.8 Å². The normalized spacial score (nSPS) is 11.1. The molecule has 0 atom stereocenters. The molecule has 152 valence electrons. The van der Waals surface area contributed by atoms with Gasteiger partial charge in [-0.3, -0.25) is 4.98 Å². The van der Waals surface area contributed by atoms with Crippen LogP contribution in [-0.2, 0) is 10.0 Å². The Morgan fingerprint density at radius 3 is 2.38 bits per heavy atom. The van der Waals surface area contributed by atoms with Gasteiger partial charge in [-0.05, 0) is 48.9 Å². The van der Waals surface area contributed by atoms with Gasteiger partial charge in [-0.2, -0.15) is 0 Å². The number of rotatable bonds is 9. The van der Waals surface area contributed by atoms with E-state index in [4.69, 9.17) is 4.74 Å². The average Bonchev–Trinajstić information content (AvgIpc) is 2.73. The van der Waals surface area contributed by atoms with Crippen molar-refractivity contribution < 1.29 is 13.2 Å². The molecule has 0 unspecified atom stereocenters. The predicted octanol–water partition coefficient (Wildman–Crippen LogP) is 2.32. The Bertz CT molecular complexity index is 1040. The standard InChI is InChI=1S/C19H22N6O3S/c1-14-3-4-16(28-2)17(13-14)29(26,27)22-12-11-21-18-5-6-19(25-24-18)23-15-7-9-20-10-8-15/h3-10,13,22H,11-12H2,1-2H3,(H,21,24)(H,20,23,25). The zero-order valence-corrected chi connectivity index (χ0v) is 16.9. The van der Waals surface area contributed by atoms with E-state index in [0.29, 0.717) is 23.9 Å². The molecular weight excluding hydrogens is 392 g/mol. The Labute approximate surface area is 169 Å². The number of nitrogens with one attached hydrogen (secondary N) is 3. The lowest BCUT2D eigenvalue weighted by molar-refractivity contribution is 0.402. The number of aryl methyl sites for hydroxylation is 1. The minimum absolute atomic E-state index is 0.117. The quantitative estimate of drug-likeness (QED) is 0.457. The third-order valence-corrected chi connectivity index (χ3v) is 5.43. The number of hydrogen-bond donors (Lipinski definition) is 3. The number of hydrogen-bond acceptors (Lipinski definition) is 8. The Morgan fingerprint density at radius 2 is 1.69 bits per heavy atom. The summed E-state index contributed by atoms with van der Waals surface area (Å²) in [4.78, 5) is 4.07. The largest absolute Gasteiger partial charge is 0.495 e. The molecule has 0 saturated carbocycles. The molecule has 0 spiro atoms. The number of aromatic nitrogens is 3. The lowest BCUT2D eigenvalue weighted by atomic mass is 10.2. The molecule has 1 aromatic carbocycles. The van der Waals surface area contributed by atoms with Crippen LogP contribution in [0.3, 0.4) is 0 Å². The molecule has 0 saturated heterocycles. The summed E-state index contributed by atoms with van der Waals surface area (Å²) in [5.74, 6) is 1.44. The van der Waals surface area contributed by atoms with Gasteiger partial charge in [0.15, 0.2) is 5.82 Å². The van der Waals surface area contributed by atoms with Crippen molar-refractivity contribution in [3.8, 4) is 5.75 Å². The van der Waals surface area contributed by atoms with Crippen LogP contribution in [0.1, 0.15) is 5.56 Å². The maximum atomic E-state index is 12.5. The van der Waals surface area contributed by atoms with Crippen molar-refractivity contribution in [3.05, 3.63) is 60.4 Å². The highest BCUT2D eigenvalue weighted by Crippen LogP contribution is 2.24. The average molecular weight is 414 g/mol. The first-order valence-electron chi connectivity index (χ1n) is 8.87. The molecular formula is C19H22N6O3S. The smallest absolute Gasteiger partial charge is 0.244 e.